The van der Waals surface area contributed by atoms with Gasteiger partial charge in [-0.25, -0.2) is 13.6 Å². The van der Waals surface area contributed by atoms with Crippen molar-refractivity contribution in [1.29, 1.82) is 0 Å². The minimum absolute atomic E-state index is 0.0335. The van der Waals surface area contributed by atoms with Crippen LogP contribution in [0.5, 0.6) is 0 Å². The van der Waals surface area contributed by atoms with Gasteiger partial charge in [-0.3, -0.25) is 14.4 Å². The standard InChI is InChI=1S/C44H50N4O5S/c1-3-4-5-6-7-8-9-10-11-12-13-20-28-36(49)47-33-27-21-26-32-38(33)43(50)40-34(46-31-24-18-15-19-25-31)29-35(54(45,52)53)42-41(40)39(32)37(44(51)48(42)2)30-22-16-14-17-23-30/h14-19,21-27,29,46H,3-13,20,28H2,1-2H3,(H,47,49)(H2,45,52,53). The average Bonchev–Trinajstić information content (AvgIpc) is 3.16. The van der Waals surface area contributed by atoms with E-state index in [2.05, 4.69) is 17.6 Å². The van der Waals surface area contributed by atoms with Gasteiger partial charge in [-0.05, 0) is 41.8 Å². The molecule has 0 spiro atoms. The van der Waals surface area contributed by atoms with Gasteiger partial charge in [0, 0.05) is 30.1 Å². The van der Waals surface area contributed by atoms with Gasteiger partial charge in [-0.1, -0.05) is 138 Å². The van der Waals surface area contributed by atoms with Crippen molar-refractivity contribution in [3.63, 3.8) is 0 Å². The Bertz CT molecular complexity index is 2320. The number of hydrogen-bond donors (Lipinski definition) is 3. The molecular weight excluding hydrogens is 697 g/mol. The summed E-state index contributed by atoms with van der Waals surface area (Å²) in [7, 11) is -2.90. The number of pyridine rings is 1. The van der Waals surface area contributed by atoms with E-state index in [1.165, 1.54) is 69.0 Å². The first-order chi connectivity index (χ1) is 26.1. The Kier molecular flexibility index (Phi) is 12.4. The third-order valence-electron chi connectivity index (χ3n) is 10.4. The molecule has 0 fully saturated rings. The Morgan fingerprint density at radius 3 is 1.89 bits per heavy atom. The number of carbonyl (C=O) groups is 2. The molecule has 4 N–H and O–H groups in total. The van der Waals surface area contributed by atoms with Crippen LogP contribution in [0.3, 0.4) is 0 Å². The summed E-state index contributed by atoms with van der Waals surface area (Å²) in [6.07, 6.45) is 14.6. The lowest BCUT2D eigenvalue weighted by molar-refractivity contribution is -0.116. The molecule has 0 bridgehead atoms. The molecule has 0 saturated heterocycles. The Morgan fingerprint density at radius 2 is 1.28 bits per heavy atom. The van der Waals surface area contributed by atoms with E-state index in [9.17, 15) is 22.8 Å². The number of rotatable bonds is 18. The second-order valence-electron chi connectivity index (χ2n) is 14.3. The van der Waals surface area contributed by atoms with Gasteiger partial charge in [0.1, 0.15) is 4.90 Å². The predicted molar refractivity (Wildman–Crippen MR) is 219 cm³/mol. The zero-order chi connectivity index (χ0) is 38.2. The van der Waals surface area contributed by atoms with Gasteiger partial charge >= 0.3 is 0 Å². The van der Waals surface area contributed by atoms with Crippen molar-refractivity contribution in [2.24, 2.45) is 12.2 Å². The molecule has 0 saturated carbocycles. The largest absolute Gasteiger partial charge is 0.355 e. The fourth-order valence-corrected chi connectivity index (χ4v) is 8.46. The van der Waals surface area contributed by atoms with Crippen LogP contribution in [0.2, 0.25) is 0 Å². The SMILES string of the molecule is CCCCCCCCCCCCCCC(=O)Nc1cccc2c1C(=O)c1c(Nc3ccccc3)cc(S(N)(=O)=O)c3c1c-2c(-c1ccccc1)c(=O)n3C. The molecule has 10 heteroatoms. The topological polar surface area (TPSA) is 140 Å². The average molecular weight is 747 g/mol. The lowest BCUT2D eigenvalue weighted by Crippen LogP contribution is -2.27. The number of hydrogen-bond acceptors (Lipinski definition) is 6. The number of unbranched alkanes of at least 4 members (excludes halogenated alkanes) is 11. The fraction of sp³-hybridized carbons (Fsp3) is 0.341. The molecular formula is C44H50N4O5S. The molecule has 54 heavy (non-hydrogen) atoms. The van der Waals surface area contributed by atoms with Crippen LogP contribution in [0.25, 0.3) is 33.2 Å². The highest BCUT2D eigenvalue weighted by molar-refractivity contribution is 7.89. The number of amides is 1. The number of nitrogens with one attached hydrogen (secondary N) is 2. The molecule has 1 aliphatic carbocycles. The highest BCUT2D eigenvalue weighted by Gasteiger charge is 2.36. The monoisotopic (exact) mass is 746 g/mol. The van der Waals surface area contributed by atoms with Crippen molar-refractivity contribution in [2.45, 2.75) is 95.3 Å². The summed E-state index contributed by atoms with van der Waals surface area (Å²) < 4.78 is 27.7. The smallest absolute Gasteiger partial charge is 0.259 e. The van der Waals surface area contributed by atoms with Crippen LogP contribution in [0.4, 0.5) is 17.1 Å². The van der Waals surface area contributed by atoms with Crippen molar-refractivity contribution >= 4 is 49.7 Å². The molecule has 0 unspecified atom stereocenters. The molecule has 6 rings (SSSR count). The highest BCUT2D eigenvalue weighted by Crippen LogP contribution is 2.49. The first-order valence-corrected chi connectivity index (χ1v) is 20.8. The molecule has 0 aliphatic heterocycles. The van der Waals surface area contributed by atoms with Gasteiger partial charge < -0.3 is 15.2 Å². The Hall–Kier alpha value is -5.06. The van der Waals surface area contributed by atoms with Gasteiger partial charge in [-0.2, -0.15) is 0 Å². The van der Waals surface area contributed by atoms with Crippen molar-refractivity contribution in [3.05, 3.63) is 106 Å². The molecule has 1 amide bonds. The summed E-state index contributed by atoms with van der Waals surface area (Å²) in [6.45, 7) is 2.24. The zero-order valence-electron chi connectivity index (χ0n) is 31.2. The number of anilines is 3. The lowest BCUT2D eigenvalue weighted by Gasteiger charge is -2.28. The van der Waals surface area contributed by atoms with Crippen LogP contribution in [0.1, 0.15) is 106 Å². The predicted octanol–water partition coefficient (Wildman–Crippen LogP) is 9.84. The van der Waals surface area contributed by atoms with Crippen LogP contribution < -0.4 is 21.3 Å². The molecule has 1 aromatic heterocycles. The second kappa shape index (κ2) is 17.4. The van der Waals surface area contributed by atoms with Gasteiger partial charge in [0.25, 0.3) is 5.56 Å². The first-order valence-electron chi connectivity index (χ1n) is 19.2. The van der Waals surface area contributed by atoms with E-state index in [-0.39, 0.29) is 33.1 Å². The van der Waals surface area contributed by atoms with Crippen molar-refractivity contribution in [2.75, 3.05) is 10.6 Å². The number of para-hydroxylation sites is 1. The van der Waals surface area contributed by atoms with Crippen molar-refractivity contribution < 1.29 is 18.0 Å². The molecule has 0 radical (unpaired) electrons. The number of aromatic nitrogens is 1. The molecule has 9 nitrogen and oxygen atoms in total. The highest BCUT2D eigenvalue weighted by atomic mass is 32.2. The van der Waals surface area contributed by atoms with Gasteiger partial charge in [0.2, 0.25) is 15.9 Å². The van der Waals surface area contributed by atoms with E-state index < -0.39 is 21.4 Å². The normalized spacial score (nSPS) is 12.2. The van der Waals surface area contributed by atoms with Crippen LogP contribution in [0.15, 0.2) is 94.6 Å². The number of fused-ring (bicyclic) bond motifs is 2. The maximum absolute atomic E-state index is 14.9. The quantitative estimate of drug-likeness (QED) is 0.0748. The first kappa shape index (κ1) is 38.7. The molecule has 1 aliphatic rings. The van der Waals surface area contributed by atoms with Crippen molar-refractivity contribution in [3.8, 4) is 22.3 Å². The summed E-state index contributed by atoms with van der Waals surface area (Å²) in [6, 6.07) is 24.7. The van der Waals surface area contributed by atoms with E-state index in [0.29, 0.717) is 45.4 Å². The van der Waals surface area contributed by atoms with Gasteiger partial charge in [0.05, 0.1) is 33.6 Å². The van der Waals surface area contributed by atoms with Gasteiger partial charge in [0.15, 0.2) is 5.78 Å². The minimum Gasteiger partial charge on any atom is -0.355 e. The maximum atomic E-state index is 14.9. The van der Waals surface area contributed by atoms with Gasteiger partial charge in [-0.15, -0.1) is 0 Å². The van der Waals surface area contributed by atoms with E-state index in [1.807, 2.05) is 48.5 Å². The summed E-state index contributed by atoms with van der Waals surface area (Å²) in [5, 5.41) is 12.4. The summed E-state index contributed by atoms with van der Waals surface area (Å²) in [5.41, 5.74) is 2.89. The summed E-state index contributed by atoms with van der Waals surface area (Å²) in [5.74, 6) is -0.612. The summed E-state index contributed by atoms with van der Waals surface area (Å²) >= 11 is 0. The maximum Gasteiger partial charge on any atom is 0.259 e. The Morgan fingerprint density at radius 1 is 0.685 bits per heavy atom. The zero-order valence-corrected chi connectivity index (χ0v) is 32.1. The molecule has 1 heterocycles. The minimum atomic E-state index is -4.39. The number of sulfonamides is 1. The van der Waals surface area contributed by atoms with E-state index in [0.717, 1.165) is 25.7 Å². The Balaban J connectivity index is 1.36. The van der Waals surface area contributed by atoms with E-state index in [4.69, 9.17) is 5.14 Å². The fourth-order valence-electron chi connectivity index (χ4n) is 7.67. The van der Waals surface area contributed by atoms with Crippen LogP contribution >= 0.6 is 0 Å². The number of nitrogens with two attached hydrogens (primary N) is 1. The summed E-state index contributed by atoms with van der Waals surface area (Å²) in [4.78, 5) is 42.4. The molecule has 0 atom stereocenters. The van der Waals surface area contributed by atoms with E-state index in [1.54, 1.807) is 30.3 Å². The van der Waals surface area contributed by atoms with Crippen LogP contribution in [-0.2, 0) is 21.9 Å². The number of aryl methyl sites for hydroxylation is 1. The number of carbonyl (C=O) groups excluding carboxylic acids is 2. The van der Waals surface area contributed by atoms with Crippen molar-refractivity contribution in [1.82, 2.24) is 4.57 Å². The van der Waals surface area contributed by atoms with Crippen LogP contribution in [-0.4, -0.2) is 24.7 Å². The lowest BCUT2D eigenvalue weighted by atomic mass is 9.79. The number of nitrogens with zero attached hydrogens (tertiary/aromatic N) is 1. The molecule has 5 aromatic rings. The second-order valence-corrected chi connectivity index (χ2v) is 15.8. The number of ketones is 1. The van der Waals surface area contributed by atoms with Crippen LogP contribution in [0, 0.1) is 0 Å². The molecule has 282 valence electrons. The third kappa shape index (κ3) is 8.35. The number of benzene rings is 4. The van der Waals surface area contributed by atoms with E-state index >= 15 is 0 Å². The molecule has 4 aromatic carbocycles. The third-order valence-corrected chi connectivity index (χ3v) is 11.3. The number of primary sulfonamides is 1. The Labute approximate surface area is 318 Å².